The van der Waals surface area contributed by atoms with Crippen molar-refractivity contribution in [2.24, 2.45) is 0 Å². The fourth-order valence-corrected chi connectivity index (χ4v) is 2.20. The van der Waals surface area contributed by atoms with Gasteiger partial charge in [0.2, 0.25) is 0 Å². The van der Waals surface area contributed by atoms with Crippen LogP contribution < -0.4 is 0 Å². The average molecular weight is 374 g/mol. The molecule has 3 aromatic rings. The molecule has 6 heteroatoms. The molecule has 0 aliphatic carbocycles. The second-order valence-electron chi connectivity index (χ2n) is 4.63. The topological polar surface area (TPSA) is 65.5 Å². The minimum absolute atomic E-state index is 0.0430. The molecule has 0 unspecified atom stereocenters. The molecular formula is C17H12BrNO4. The highest BCUT2D eigenvalue weighted by Crippen LogP contribution is 2.20. The number of hydrogen-bond acceptors (Lipinski definition) is 5. The molecule has 2 aromatic heterocycles. The van der Waals surface area contributed by atoms with Crippen molar-refractivity contribution >= 4 is 28.0 Å². The van der Waals surface area contributed by atoms with E-state index in [0.717, 1.165) is 5.56 Å². The highest BCUT2D eigenvalue weighted by atomic mass is 79.9. The van der Waals surface area contributed by atoms with Crippen LogP contribution in [0.2, 0.25) is 0 Å². The van der Waals surface area contributed by atoms with E-state index in [-0.39, 0.29) is 6.61 Å². The lowest BCUT2D eigenvalue weighted by molar-refractivity contribution is -0.139. The molecule has 5 nitrogen and oxygen atoms in total. The number of aromatic nitrogens is 1. The van der Waals surface area contributed by atoms with Gasteiger partial charge in [0, 0.05) is 17.7 Å². The summed E-state index contributed by atoms with van der Waals surface area (Å²) in [5, 5.41) is 3.89. The number of nitrogens with zero attached hydrogens (tertiary/aromatic N) is 1. The lowest BCUT2D eigenvalue weighted by atomic mass is 10.2. The summed E-state index contributed by atoms with van der Waals surface area (Å²) in [4.78, 5) is 11.7. The lowest BCUT2D eigenvalue weighted by Crippen LogP contribution is -2.00. The number of benzene rings is 1. The van der Waals surface area contributed by atoms with Crippen LogP contribution in [-0.4, -0.2) is 11.1 Å². The van der Waals surface area contributed by atoms with Crippen LogP contribution in [0.5, 0.6) is 0 Å². The van der Waals surface area contributed by atoms with Gasteiger partial charge in [-0.2, -0.15) is 0 Å². The Kier molecular flexibility index (Phi) is 4.73. The Morgan fingerprint density at radius 3 is 2.78 bits per heavy atom. The first-order valence-electron chi connectivity index (χ1n) is 6.82. The molecule has 2 heterocycles. The molecule has 3 rings (SSSR count). The molecule has 0 saturated heterocycles. The predicted molar refractivity (Wildman–Crippen MR) is 87.2 cm³/mol. The molecule has 0 fully saturated rings. The Morgan fingerprint density at radius 2 is 2.04 bits per heavy atom. The van der Waals surface area contributed by atoms with E-state index >= 15 is 0 Å². The SMILES string of the molecule is O=C(/C=C/c1ccc(Br)o1)OCc1cc(-c2ccccc2)on1. The van der Waals surface area contributed by atoms with E-state index in [9.17, 15) is 4.79 Å². The van der Waals surface area contributed by atoms with Gasteiger partial charge in [0.05, 0.1) is 0 Å². The maximum absolute atomic E-state index is 11.7. The summed E-state index contributed by atoms with van der Waals surface area (Å²) in [7, 11) is 0. The molecule has 0 aliphatic heterocycles. The van der Waals surface area contributed by atoms with Crippen molar-refractivity contribution in [3.05, 3.63) is 70.7 Å². The number of ether oxygens (including phenoxy) is 1. The van der Waals surface area contributed by atoms with Gasteiger partial charge < -0.3 is 13.7 Å². The minimum Gasteiger partial charge on any atom is -0.456 e. The van der Waals surface area contributed by atoms with Gasteiger partial charge >= 0.3 is 5.97 Å². The summed E-state index contributed by atoms with van der Waals surface area (Å²) in [6.45, 7) is 0.0430. The van der Waals surface area contributed by atoms with E-state index in [4.69, 9.17) is 13.7 Å². The van der Waals surface area contributed by atoms with Crippen LogP contribution in [0.3, 0.4) is 0 Å². The first-order chi connectivity index (χ1) is 11.2. The largest absolute Gasteiger partial charge is 0.456 e. The van der Waals surface area contributed by atoms with Gasteiger partial charge in [-0.1, -0.05) is 35.5 Å². The van der Waals surface area contributed by atoms with E-state index in [1.165, 1.54) is 12.2 Å². The van der Waals surface area contributed by atoms with Crippen LogP contribution in [0.4, 0.5) is 0 Å². The monoisotopic (exact) mass is 373 g/mol. The molecule has 0 radical (unpaired) electrons. The quantitative estimate of drug-likeness (QED) is 0.488. The fourth-order valence-electron chi connectivity index (χ4n) is 1.88. The van der Waals surface area contributed by atoms with Crippen LogP contribution in [0.1, 0.15) is 11.5 Å². The summed E-state index contributed by atoms with van der Waals surface area (Å²) < 4.78 is 16.2. The van der Waals surface area contributed by atoms with Gasteiger partial charge in [-0.3, -0.25) is 0 Å². The third-order valence-electron chi connectivity index (χ3n) is 2.96. The molecule has 0 bridgehead atoms. The van der Waals surface area contributed by atoms with Crippen molar-refractivity contribution in [2.45, 2.75) is 6.61 Å². The molecule has 0 spiro atoms. The highest BCUT2D eigenvalue weighted by molar-refractivity contribution is 9.10. The Morgan fingerprint density at radius 1 is 1.22 bits per heavy atom. The van der Waals surface area contributed by atoms with Crippen molar-refractivity contribution in [3.63, 3.8) is 0 Å². The van der Waals surface area contributed by atoms with Crippen molar-refractivity contribution < 1.29 is 18.5 Å². The molecule has 0 saturated carbocycles. The van der Waals surface area contributed by atoms with E-state index in [1.54, 1.807) is 18.2 Å². The van der Waals surface area contributed by atoms with E-state index in [1.807, 2.05) is 30.3 Å². The van der Waals surface area contributed by atoms with E-state index in [2.05, 4.69) is 21.1 Å². The zero-order valence-electron chi connectivity index (χ0n) is 11.9. The second-order valence-corrected chi connectivity index (χ2v) is 5.41. The lowest BCUT2D eigenvalue weighted by Gasteiger charge is -1.96. The van der Waals surface area contributed by atoms with E-state index < -0.39 is 5.97 Å². The van der Waals surface area contributed by atoms with Gasteiger partial charge in [-0.25, -0.2) is 4.79 Å². The zero-order valence-corrected chi connectivity index (χ0v) is 13.5. The number of carbonyl (C=O) groups is 1. The zero-order chi connectivity index (χ0) is 16.1. The Balaban J connectivity index is 1.55. The van der Waals surface area contributed by atoms with Crippen LogP contribution in [0.25, 0.3) is 17.4 Å². The molecule has 23 heavy (non-hydrogen) atoms. The van der Waals surface area contributed by atoms with Crippen molar-refractivity contribution in [2.75, 3.05) is 0 Å². The molecule has 0 atom stereocenters. The van der Waals surface area contributed by atoms with Crippen LogP contribution >= 0.6 is 15.9 Å². The third-order valence-corrected chi connectivity index (χ3v) is 3.38. The van der Waals surface area contributed by atoms with Gasteiger partial charge in [0.1, 0.15) is 18.1 Å². The second kappa shape index (κ2) is 7.11. The van der Waals surface area contributed by atoms with Gasteiger partial charge in [0.15, 0.2) is 10.4 Å². The summed E-state index contributed by atoms with van der Waals surface area (Å²) in [6.07, 6.45) is 2.83. The van der Waals surface area contributed by atoms with Crippen LogP contribution in [0.15, 0.2) is 68.2 Å². The highest BCUT2D eigenvalue weighted by Gasteiger charge is 2.08. The van der Waals surface area contributed by atoms with Crippen molar-refractivity contribution in [1.29, 1.82) is 0 Å². The fraction of sp³-hybridized carbons (Fsp3) is 0.0588. The van der Waals surface area contributed by atoms with Crippen LogP contribution in [-0.2, 0) is 16.1 Å². The molecular weight excluding hydrogens is 362 g/mol. The molecule has 116 valence electrons. The molecule has 1 aromatic carbocycles. The molecule has 0 aliphatic rings. The molecule has 0 amide bonds. The Bertz CT molecular complexity index is 820. The Hall–Kier alpha value is -2.60. The maximum Gasteiger partial charge on any atom is 0.331 e. The van der Waals surface area contributed by atoms with E-state index in [0.29, 0.717) is 21.9 Å². The Labute approximate surface area is 140 Å². The summed E-state index contributed by atoms with van der Waals surface area (Å²) in [6, 6.07) is 14.8. The predicted octanol–water partition coefficient (Wildman–Crippen LogP) is 4.45. The number of carbonyl (C=O) groups excluding carboxylic acids is 1. The number of halogens is 1. The normalized spacial score (nSPS) is 11.0. The van der Waals surface area contributed by atoms with Crippen molar-refractivity contribution in [1.82, 2.24) is 5.16 Å². The number of rotatable bonds is 5. The van der Waals surface area contributed by atoms with Crippen molar-refractivity contribution in [3.8, 4) is 11.3 Å². The van der Waals surface area contributed by atoms with Crippen LogP contribution in [0, 0.1) is 0 Å². The van der Waals surface area contributed by atoms with Gasteiger partial charge in [-0.05, 0) is 34.1 Å². The first-order valence-corrected chi connectivity index (χ1v) is 7.61. The van der Waals surface area contributed by atoms with Gasteiger partial charge in [0.25, 0.3) is 0 Å². The summed E-state index contributed by atoms with van der Waals surface area (Å²) >= 11 is 3.19. The maximum atomic E-state index is 11.7. The standard InChI is InChI=1S/C17H12BrNO4/c18-16-8-6-14(22-16)7-9-17(20)21-11-13-10-15(23-19-13)12-4-2-1-3-5-12/h1-10H,11H2/b9-7+. The number of hydrogen-bond donors (Lipinski definition) is 0. The summed E-state index contributed by atoms with van der Waals surface area (Å²) in [5.74, 6) is 0.705. The number of esters is 1. The summed E-state index contributed by atoms with van der Waals surface area (Å²) in [5.41, 5.74) is 1.47. The molecule has 0 N–H and O–H groups in total. The third kappa shape index (κ3) is 4.20. The van der Waals surface area contributed by atoms with Gasteiger partial charge in [-0.15, -0.1) is 0 Å². The first kappa shape index (κ1) is 15.3. The average Bonchev–Trinajstić information content (AvgIpc) is 3.21. The smallest absolute Gasteiger partial charge is 0.331 e. The minimum atomic E-state index is -0.484. The number of furan rings is 1.